The second-order valence-corrected chi connectivity index (χ2v) is 12.9. The van der Waals surface area contributed by atoms with E-state index in [2.05, 4.69) is 139 Å². The molecule has 0 bridgehead atoms. The smallest absolute Gasteiger partial charge is 0.164 e. The molecule has 0 saturated carbocycles. The minimum Gasteiger partial charge on any atom is -0.310 e. The van der Waals surface area contributed by atoms with Crippen LogP contribution in [0.1, 0.15) is 18.3 Å². The van der Waals surface area contributed by atoms with E-state index in [1.807, 2.05) is 73.7 Å². The summed E-state index contributed by atoms with van der Waals surface area (Å²) in [5.74, 6) is 1.85. The van der Waals surface area contributed by atoms with Gasteiger partial charge in [-0.2, -0.15) is 0 Å². The van der Waals surface area contributed by atoms with Crippen LogP contribution in [-0.2, 0) is 0 Å². The highest BCUT2D eigenvalue weighted by molar-refractivity contribution is 6.04. The van der Waals surface area contributed by atoms with E-state index in [0.717, 1.165) is 44.4 Å². The molecule has 4 nitrogen and oxygen atoms in total. The molecule has 0 aliphatic carbocycles. The van der Waals surface area contributed by atoms with Crippen molar-refractivity contribution >= 4 is 44.7 Å². The second kappa shape index (κ2) is 15.1. The Morgan fingerprint density at radius 3 is 1.83 bits per heavy atom. The quantitative estimate of drug-likeness (QED) is 0.142. The van der Waals surface area contributed by atoms with Crippen molar-refractivity contribution in [2.75, 3.05) is 4.90 Å². The van der Waals surface area contributed by atoms with Crippen LogP contribution < -0.4 is 4.90 Å². The number of rotatable bonds is 9. The van der Waals surface area contributed by atoms with Crippen molar-refractivity contribution in [2.24, 2.45) is 0 Å². The Hall–Kier alpha value is -6.91. The number of aryl methyl sites for hydroxylation is 1. The van der Waals surface area contributed by atoms with Gasteiger partial charge in [0.25, 0.3) is 0 Å². The Labute approximate surface area is 310 Å². The highest BCUT2D eigenvalue weighted by Gasteiger charge is 2.20. The molecule has 8 rings (SSSR count). The van der Waals surface area contributed by atoms with Crippen molar-refractivity contribution in [1.29, 1.82) is 0 Å². The van der Waals surface area contributed by atoms with Gasteiger partial charge in [-0.25, -0.2) is 15.0 Å². The zero-order valence-electron chi connectivity index (χ0n) is 29.8. The van der Waals surface area contributed by atoms with Crippen LogP contribution in [0.5, 0.6) is 0 Å². The fraction of sp³-hybridized carbons (Fsp3) is 0.0408. The lowest BCUT2D eigenvalue weighted by Crippen LogP contribution is -2.11. The normalized spacial score (nSPS) is 11.7. The molecular weight excluding hydrogens is 645 g/mol. The zero-order chi connectivity index (χ0) is 36.0. The van der Waals surface area contributed by atoms with Gasteiger partial charge in [0.1, 0.15) is 0 Å². The molecule has 0 spiro atoms. The van der Waals surface area contributed by atoms with Gasteiger partial charge < -0.3 is 4.90 Å². The number of allylic oxidation sites excluding steroid dienone is 5. The summed E-state index contributed by atoms with van der Waals surface area (Å²) in [6, 6.07) is 55.4. The molecular formula is C49H38N4. The van der Waals surface area contributed by atoms with E-state index in [9.17, 15) is 0 Å². The van der Waals surface area contributed by atoms with Gasteiger partial charge in [0.15, 0.2) is 17.5 Å². The molecule has 0 unspecified atom stereocenters. The predicted molar refractivity (Wildman–Crippen MR) is 224 cm³/mol. The summed E-state index contributed by atoms with van der Waals surface area (Å²) >= 11 is 0. The summed E-state index contributed by atoms with van der Waals surface area (Å²) in [4.78, 5) is 17.4. The van der Waals surface area contributed by atoms with Crippen molar-refractivity contribution < 1.29 is 0 Å². The van der Waals surface area contributed by atoms with Gasteiger partial charge in [0.05, 0.1) is 5.69 Å². The lowest BCUT2D eigenvalue weighted by atomic mass is 9.92. The average molecular weight is 683 g/mol. The molecule has 0 amide bonds. The monoisotopic (exact) mass is 682 g/mol. The van der Waals surface area contributed by atoms with Gasteiger partial charge in [-0.3, -0.25) is 0 Å². The van der Waals surface area contributed by atoms with E-state index in [4.69, 9.17) is 15.0 Å². The van der Waals surface area contributed by atoms with Crippen molar-refractivity contribution in [1.82, 2.24) is 15.0 Å². The lowest BCUT2D eigenvalue weighted by molar-refractivity contribution is 1.05. The van der Waals surface area contributed by atoms with Crippen molar-refractivity contribution in [2.45, 2.75) is 13.8 Å². The van der Waals surface area contributed by atoms with Crippen LogP contribution in [0.15, 0.2) is 188 Å². The molecule has 0 fully saturated rings. The standard InChI is InChI=1S/C49H38N4/c1-3-4-5-6-13-26-45-50-48(39-20-9-7-10-21-39)52-49(51-45)44-34-31-36-18-14-16-24-42(36)46(44)38-29-32-41(33-30-38)53(40-22-11-8-12-23-40)47-35(2)27-28-37-19-15-17-25-43(37)47/h3-34H,1-2H3/b4-3-,6-5-,26-13+. The van der Waals surface area contributed by atoms with Crippen LogP contribution in [0.2, 0.25) is 0 Å². The molecule has 53 heavy (non-hydrogen) atoms. The number of para-hydroxylation sites is 1. The molecule has 0 atom stereocenters. The summed E-state index contributed by atoms with van der Waals surface area (Å²) in [5, 5.41) is 4.71. The van der Waals surface area contributed by atoms with Crippen LogP contribution >= 0.6 is 0 Å². The maximum Gasteiger partial charge on any atom is 0.164 e. The molecule has 0 saturated heterocycles. The third kappa shape index (κ3) is 6.91. The first-order valence-corrected chi connectivity index (χ1v) is 17.9. The highest BCUT2D eigenvalue weighted by Crippen LogP contribution is 2.43. The van der Waals surface area contributed by atoms with Gasteiger partial charge in [0, 0.05) is 33.5 Å². The number of hydrogen-bond donors (Lipinski definition) is 0. The van der Waals surface area contributed by atoms with Gasteiger partial charge in [-0.05, 0) is 77.5 Å². The SMILES string of the molecule is C\C=C/C=C\C=C\c1nc(-c2ccccc2)nc(-c2ccc3ccccc3c2-c2ccc(N(c3ccccc3)c3c(C)ccc4ccccc34)cc2)n1. The third-order valence-electron chi connectivity index (χ3n) is 9.38. The third-order valence-corrected chi connectivity index (χ3v) is 9.38. The van der Waals surface area contributed by atoms with Gasteiger partial charge in [-0.15, -0.1) is 0 Å². The summed E-state index contributed by atoms with van der Waals surface area (Å²) in [7, 11) is 0. The van der Waals surface area contributed by atoms with E-state index < -0.39 is 0 Å². The first-order valence-electron chi connectivity index (χ1n) is 17.9. The van der Waals surface area contributed by atoms with E-state index in [0.29, 0.717) is 17.5 Å². The fourth-order valence-electron chi connectivity index (χ4n) is 6.88. The maximum absolute atomic E-state index is 5.09. The topological polar surface area (TPSA) is 41.9 Å². The Morgan fingerprint density at radius 1 is 0.472 bits per heavy atom. The Kier molecular flexibility index (Phi) is 9.50. The number of benzene rings is 7. The molecule has 0 aliphatic rings. The van der Waals surface area contributed by atoms with Gasteiger partial charge in [0.2, 0.25) is 0 Å². The van der Waals surface area contributed by atoms with Crippen molar-refractivity contribution in [3.63, 3.8) is 0 Å². The Morgan fingerprint density at radius 2 is 1.08 bits per heavy atom. The van der Waals surface area contributed by atoms with Crippen molar-refractivity contribution in [3.05, 3.63) is 199 Å². The number of nitrogens with zero attached hydrogens (tertiary/aromatic N) is 4. The number of fused-ring (bicyclic) bond motifs is 2. The van der Waals surface area contributed by atoms with E-state index in [-0.39, 0.29) is 0 Å². The van der Waals surface area contributed by atoms with E-state index in [1.165, 1.54) is 22.0 Å². The Bertz CT molecular complexity index is 2620. The minimum absolute atomic E-state index is 0.595. The lowest BCUT2D eigenvalue weighted by Gasteiger charge is -2.28. The summed E-state index contributed by atoms with van der Waals surface area (Å²) < 4.78 is 0. The molecule has 0 radical (unpaired) electrons. The number of anilines is 3. The van der Waals surface area contributed by atoms with Crippen LogP contribution in [0, 0.1) is 6.92 Å². The minimum atomic E-state index is 0.595. The Balaban J connectivity index is 1.30. The molecule has 8 aromatic rings. The van der Waals surface area contributed by atoms with E-state index in [1.54, 1.807) is 0 Å². The molecule has 0 aliphatic heterocycles. The zero-order valence-corrected chi connectivity index (χ0v) is 29.8. The fourth-order valence-corrected chi connectivity index (χ4v) is 6.88. The maximum atomic E-state index is 5.09. The second-order valence-electron chi connectivity index (χ2n) is 12.9. The van der Waals surface area contributed by atoms with Crippen LogP contribution in [0.4, 0.5) is 17.1 Å². The van der Waals surface area contributed by atoms with Crippen LogP contribution in [0.3, 0.4) is 0 Å². The van der Waals surface area contributed by atoms with Gasteiger partial charge in [-0.1, -0.05) is 158 Å². The average Bonchev–Trinajstić information content (AvgIpc) is 3.22. The van der Waals surface area contributed by atoms with Crippen molar-refractivity contribution in [3.8, 4) is 33.9 Å². The van der Waals surface area contributed by atoms with Crippen LogP contribution in [0.25, 0.3) is 61.5 Å². The largest absolute Gasteiger partial charge is 0.310 e. The first-order chi connectivity index (χ1) is 26.2. The number of aromatic nitrogens is 3. The van der Waals surface area contributed by atoms with Gasteiger partial charge >= 0.3 is 0 Å². The number of hydrogen-bond acceptors (Lipinski definition) is 4. The highest BCUT2D eigenvalue weighted by atomic mass is 15.1. The van der Waals surface area contributed by atoms with Crippen LogP contribution in [-0.4, -0.2) is 15.0 Å². The predicted octanol–water partition coefficient (Wildman–Crippen LogP) is 13.1. The first kappa shape index (κ1) is 33.2. The summed E-state index contributed by atoms with van der Waals surface area (Å²) in [5.41, 5.74) is 8.60. The van der Waals surface area contributed by atoms with E-state index >= 15 is 0 Å². The summed E-state index contributed by atoms with van der Waals surface area (Å²) in [6.45, 7) is 4.19. The molecule has 0 N–H and O–H groups in total. The molecule has 7 aromatic carbocycles. The molecule has 4 heteroatoms. The molecule has 254 valence electrons. The molecule has 1 aromatic heterocycles. The molecule has 1 heterocycles. The summed E-state index contributed by atoms with van der Waals surface area (Å²) in [6.07, 6.45) is 11.9.